The van der Waals surface area contributed by atoms with Crippen LogP contribution < -0.4 is 4.74 Å². The number of benzene rings is 2. The second-order valence-corrected chi connectivity index (χ2v) is 5.53. The third kappa shape index (κ3) is 2.93. The second-order valence-electron chi connectivity index (χ2n) is 5.09. The van der Waals surface area contributed by atoms with Gasteiger partial charge >= 0.3 is 0 Å². The molecule has 0 fully saturated rings. The highest BCUT2D eigenvalue weighted by Gasteiger charge is 2.12. The zero-order valence-electron chi connectivity index (χ0n) is 12.3. The first-order valence-electron chi connectivity index (χ1n) is 7.13. The zero-order chi connectivity index (χ0) is 15.5. The SMILES string of the molecule is Cc1ccccc1OCc1nc2cc(Cl)ccc2n1CCO. The summed E-state index contributed by atoms with van der Waals surface area (Å²) in [5, 5.41) is 9.94. The van der Waals surface area contributed by atoms with Gasteiger partial charge in [-0.1, -0.05) is 29.8 Å². The number of para-hydroxylation sites is 1. The lowest BCUT2D eigenvalue weighted by Crippen LogP contribution is -2.10. The van der Waals surface area contributed by atoms with E-state index in [0.29, 0.717) is 18.2 Å². The molecule has 1 heterocycles. The molecule has 3 aromatic rings. The highest BCUT2D eigenvalue weighted by atomic mass is 35.5. The summed E-state index contributed by atoms with van der Waals surface area (Å²) in [5.41, 5.74) is 2.83. The third-order valence-electron chi connectivity index (χ3n) is 3.56. The third-order valence-corrected chi connectivity index (χ3v) is 3.80. The second kappa shape index (κ2) is 6.38. The van der Waals surface area contributed by atoms with Gasteiger partial charge in [0.2, 0.25) is 0 Å². The molecule has 0 aliphatic rings. The Labute approximate surface area is 133 Å². The Morgan fingerprint density at radius 2 is 2.05 bits per heavy atom. The van der Waals surface area contributed by atoms with E-state index in [1.165, 1.54) is 0 Å². The minimum absolute atomic E-state index is 0.0471. The molecule has 0 aliphatic heterocycles. The smallest absolute Gasteiger partial charge is 0.148 e. The summed E-state index contributed by atoms with van der Waals surface area (Å²) in [5.74, 6) is 1.61. The van der Waals surface area contributed by atoms with E-state index in [4.69, 9.17) is 16.3 Å². The Balaban J connectivity index is 1.92. The van der Waals surface area contributed by atoms with Gasteiger partial charge in [-0.25, -0.2) is 4.98 Å². The number of aliphatic hydroxyl groups is 1. The Bertz CT molecular complexity index is 798. The lowest BCUT2D eigenvalue weighted by atomic mass is 10.2. The van der Waals surface area contributed by atoms with Gasteiger partial charge in [-0.3, -0.25) is 0 Å². The molecule has 22 heavy (non-hydrogen) atoms. The van der Waals surface area contributed by atoms with Gasteiger partial charge in [-0.15, -0.1) is 0 Å². The van der Waals surface area contributed by atoms with Gasteiger partial charge in [0.1, 0.15) is 18.2 Å². The van der Waals surface area contributed by atoms with Crippen molar-refractivity contribution < 1.29 is 9.84 Å². The van der Waals surface area contributed by atoms with Crippen molar-refractivity contribution in [1.29, 1.82) is 0 Å². The molecule has 3 rings (SSSR count). The highest BCUT2D eigenvalue weighted by Crippen LogP contribution is 2.22. The van der Waals surface area contributed by atoms with E-state index in [9.17, 15) is 5.11 Å². The Hall–Kier alpha value is -2.04. The van der Waals surface area contributed by atoms with Crippen LogP contribution in [0.4, 0.5) is 0 Å². The first-order chi connectivity index (χ1) is 10.7. The van der Waals surface area contributed by atoms with Crippen molar-refractivity contribution in [3.05, 3.63) is 58.9 Å². The average molecular weight is 317 g/mol. The van der Waals surface area contributed by atoms with Gasteiger partial charge in [0.05, 0.1) is 17.6 Å². The summed E-state index contributed by atoms with van der Waals surface area (Å²) < 4.78 is 7.83. The molecule has 0 radical (unpaired) electrons. The Kier molecular flexibility index (Phi) is 4.32. The molecule has 4 nitrogen and oxygen atoms in total. The lowest BCUT2D eigenvalue weighted by molar-refractivity contribution is 0.260. The molecule has 1 aromatic heterocycles. The van der Waals surface area contributed by atoms with Crippen molar-refractivity contribution in [3.8, 4) is 5.75 Å². The molecule has 0 saturated carbocycles. The number of ether oxygens (including phenoxy) is 1. The average Bonchev–Trinajstić information content (AvgIpc) is 2.84. The first-order valence-corrected chi connectivity index (χ1v) is 7.51. The molecule has 0 bridgehead atoms. The largest absolute Gasteiger partial charge is 0.485 e. The van der Waals surface area contributed by atoms with Crippen molar-refractivity contribution >= 4 is 22.6 Å². The molecular weight excluding hydrogens is 300 g/mol. The molecule has 0 saturated heterocycles. The Morgan fingerprint density at radius 1 is 1.23 bits per heavy atom. The van der Waals surface area contributed by atoms with Gasteiger partial charge in [0.15, 0.2) is 0 Å². The number of aromatic nitrogens is 2. The lowest BCUT2D eigenvalue weighted by Gasteiger charge is -2.10. The highest BCUT2D eigenvalue weighted by molar-refractivity contribution is 6.31. The maximum Gasteiger partial charge on any atom is 0.148 e. The standard InChI is InChI=1S/C17H17ClN2O2/c1-12-4-2-3-5-16(12)22-11-17-19-14-10-13(18)6-7-15(14)20(17)8-9-21/h2-7,10,21H,8-9,11H2,1H3. The van der Waals surface area contributed by atoms with Crippen LogP contribution in [0.1, 0.15) is 11.4 Å². The topological polar surface area (TPSA) is 47.3 Å². The molecule has 0 unspecified atom stereocenters. The van der Waals surface area contributed by atoms with Gasteiger partial charge in [-0.05, 0) is 36.8 Å². The maximum atomic E-state index is 9.29. The van der Waals surface area contributed by atoms with E-state index in [1.54, 1.807) is 0 Å². The fraction of sp³-hybridized carbons (Fsp3) is 0.235. The van der Waals surface area contributed by atoms with E-state index in [2.05, 4.69) is 4.98 Å². The molecular formula is C17H17ClN2O2. The molecule has 0 atom stereocenters. The normalized spacial score (nSPS) is 11.0. The van der Waals surface area contributed by atoms with Crippen LogP contribution in [0.25, 0.3) is 11.0 Å². The number of halogens is 1. The summed E-state index contributed by atoms with van der Waals surface area (Å²) in [6.45, 7) is 2.87. The number of nitrogens with zero attached hydrogens (tertiary/aromatic N) is 2. The maximum absolute atomic E-state index is 9.29. The van der Waals surface area contributed by atoms with Gasteiger partial charge in [-0.2, -0.15) is 0 Å². The van der Waals surface area contributed by atoms with Crippen LogP contribution >= 0.6 is 11.6 Å². The van der Waals surface area contributed by atoms with E-state index >= 15 is 0 Å². The van der Waals surface area contributed by atoms with Gasteiger partial charge in [0.25, 0.3) is 0 Å². The fourth-order valence-electron chi connectivity index (χ4n) is 2.47. The van der Waals surface area contributed by atoms with Crippen LogP contribution in [-0.4, -0.2) is 21.3 Å². The summed E-state index contributed by atoms with van der Waals surface area (Å²) >= 11 is 6.02. The van der Waals surface area contributed by atoms with E-state index in [1.807, 2.05) is 54.0 Å². The molecule has 0 spiro atoms. The monoisotopic (exact) mass is 316 g/mol. The van der Waals surface area contributed by atoms with E-state index < -0.39 is 0 Å². The van der Waals surface area contributed by atoms with Crippen molar-refractivity contribution in [1.82, 2.24) is 9.55 Å². The molecule has 2 aromatic carbocycles. The molecule has 114 valence electrons. The molecule has 5 heteroatoms. The molecule has 0 aliphatic carbocycles. The number of aliphatic hydroxyl groups excluding tert-OH is 1. The fourth-order valence-corrected chi connectivity index (χ4v) is 2.64. The van der Waals surface area contributed by atoms with E-state index in [0.717, 1.165) is 28.2 Å². The van der Waals surface area contributed by atoms with E-state index in [-0.39, 0.29) is 6.61 Å². The van der Waals surface area contributed by atoms with Crippen molar-refractivity contribution in [2.24, 2.45) is 0 Å². The first kappa shape index (κ1) is 14.9. The number of fused-ring (bicyclic) bond motifs is 1. The Morgan fingerprint density at radius 3 is 2.82 bits per heavy atom. The summed E-state index contributed by atoms with van der Waals surface area (Å²) in [6.07, 6.45) is 0. The minimum atomic E-state index is 0.0471. The van der Waals surface area contributed by atoms with Crippen LogP contribution in [0.3, 0.4) is 0 Å². The number of hydrogen-bond acceptors (Lipinski definition) is 3. The van der Waals surface area contributed by atoms with Crippen molar-refractivity contribution in [3.63, 3.8) is 0 Å². The van der Waals surface area contributed by atoms with Crippen LogP contribution in [0.15, 0.2) is 42.5 Å². The summed E-state index contributed by atoms with van der Waals surface area (Å²) in [7, 11) is 0. The van der Waals surface area contributed by atoms with Gasteiger partial charge in [0, 0.05) is 11.6 Å². The van der Waals surface area contributed by atoms with Crippen LogP contribution in [0, 0.1) is 6.92 Å². The quantitative estimate of drug-likeness (QED) is 0.782. The summed E-state index contributed by atoms with van der Waals surface area (Å²) in [6, 6.07) is 13.4. The van der Waals surface area contributed by atoms with Gasteiger partial charge < -0.3 is 14.4 Å². The number of hydrogen-bond donors (Lipinski definition) is 1. The predicted octanol–water partition coefficient (Wildman–Crippen LogP) is 3.57. The van der Waals surface area contributed by atoms with Crippen LogP contribution in [0.2, 0.25) is 5.02 Å². The number of imidazole rings is 1. The minimum Gasteiger partial charge on any atom is -0.485 e. The van der Waals surface area contributed by atoms with Crippen LogP contribution in [-0.2, 0) is 13.2 Å². The molecule has 0 amide bonds. The number of aryl methyl sites for hydroxylation is 1. The summed E-state index contributed by atoms with van der Waals surface area (Å²) in [4.78, 5) is 4.58. The predicted molar refractivity (Wildman–Crippen MR) is 87.3 cm³/mol. The van der Waals surface area contributed by atoms with Crippen molar-refractivity contribution in [2.75, 3.05) is 6.61 Å². The van der Waals surface area contributed by atoms with Crippen molar-refractivity contribution in [2.45, 2.75) is 20.1 Å². The van der Waals surface area contributed by atoms with Crippen LogP contribution in [0.5, 0.6) is 5.75 Å². The molecule has 1 N–H and O–H groups in total. The zero-order valence-corrected chi connectivity index (χ0v) is 13.0. The number of rotatable bonds is 5.